The minimum atomic E-state index is -1.98. The van der Waals surface area contributed by atoms with E-state index < -0.39 is 11.6 Å². The molecule has 0 fully saturated rings. The quantitative estimate of drug-likeness (QED) is 0.813. The standard InChI is InChI=1S/C10H8Cl2O4/c11-5-3-6-8(7(12)4-5)16-2-1-10(6,15)9(13)14/h3-4,15H,1-2H2,(H,13,14). The van der Waals surface area contributed by atoms with Gasteiger partial charge >= 0.3 is 5.97 Å². The van der Waals surface area contributed by atoms with Gasteiger partial charge < -0.3 is 14.9 Å². The Morgan fingerprint density at radius 3 is 2.75 bits per heavy atom. The van der Waals surface area contributed by atoms with Crippen LogP contribution < -0.4 is 4.74 Å². The highest BCUT2D eigenvalue weighted by Gasteiger charge is 2.44. The molecule has 1 atom stereocenters. The third kappa shape index (κ3) is 1.63. The molecule has 16 heavy (non-hydrogen) atoms. The van der Waals surface area contributed by atoms with E-state index in [1.54, 1.807) is 0 Å². The Hall–Kier alpha value is -0.970. The molecule has 1 heterocycles. The summed E-state index contributed by atoms with van der Waals surface area (Å²) in [5.74, 6) is -1.15. The topological polar surface area (TPSA) is 66.8 Å². The van der Waals surface area contributed by atoms with E-state index in [2.05, 4.69) is 0 Å². The van der Waals surface area contributed by atoms with Crippen LogP contribution in [0, 0.1) is 0 Å². The number of carboxylic acid groups (broad SMARTS) is 1. The molecule has 0 bridgehead atoms. The number of halogens is 2. The first kappa shape index (κ1) is 11.5. The van der Waals surface area contributed by atoms with Gasteiger partial charge in [-0.2, -0.15) is 0 Å². The van der Waals surface area contributed by atoms with Crippen molar-refractivity contribution in [2.45, 2.75) is 12.0 Å². The summed E-state index contributed by atoms with van der Waals surface area (Å²) >= 11 is 11.6. The maximum atomic E-state index is 11.1. The van der Waals surface area contributed by atoms with Crippen molar-refractivity contribution in [1.29, 1.82) is 0 Å². The van der Waals surface area contributed by atoms with Gasteiger partial charge in [0.25, 0.3) is 0 Å². The summed E-state index contributed by atoms with van der Waals surface area (Å²) in [5, 5.41) is 19.5. The van der Waals surface area contributed by atoms with E-state index >= 15 is 0 Å². The molecule has 4 nitrogen and oxygen atoms in total. The first-order valence-corrected chi connectivity index (χ1v) is 5.29. The van der Waals surface area contributed by atoms with E-state index in [9.17, 15) is 9.90 Å². The normalized spacial score (nSPS) is 23.4. The van der Waals surface area contributed by atoms with Crippen LogP contribution in [0.3, 0.4) is 0 Å². The Kier molecular flexibility index (Phi) is 2.74. The average Bonchev–Trinajstić information content (AvgIpc) is 2.19. The second-order valence-electron chi connectivity index (χ2n) is 3.53. The van der Waals surface area contributed by atoms with Gasteiger partial charge in [-0.1, -0.05) is 23.2 Å². The van der Waals surface area contributed by atoms with E-state index in [0.29, 0.717) is 0 Å². The number of carboxylic acids is 1. The summed E-state index contributed by atoms with van der Waals surface area (Å²) in [5.41, 5.74) is -1.88. The van der Waals surface area contributed by atoms with Crippen LogP contribution >= 0.6 is 23.2 Å². The molecule has 0 aliphatic carbocycles. The molecule has 1 unspecified atom stereocenters. The molecule has 0 amide bonds. The highest BCUT2D eigenvalue weighted by molar-refractivity contribution is 6.35. The van der Waals surface area contributed by atoms with Crippen molar-refractivity contribution in [3.05, 3.63) is 27.7 Å². The van der Waals surface area contributed by atoms with Crippen molar-refractivity contribution in [1.82, 2.24) is 0 Å². The van der Waals surface area contributed by atoms with E-state index in [1.807, 2.05) is 0 Å². The van der Waals surface area contributed by atoms with Crippen LogP contribution in [0.25, 0.3) is 0 Å². The van der Waals surface area contributed by atoms with Gasteiger partial charge in [-0.05, 0) is 12.1 Å². The molecule has 86 valence electrons. The Bertz CT molecular complexity index is 460. The second-order valence-corrected chi connectivity index (χ2v) is 4.37. The monoisotopic (exact) mass is 262 g/mol. The summed E-state index contributed by atoms with van der Waals surface area (Å²) in [6.45, 7) is 0.0944. The Morgan fingerprint density at radius 2 is 2.12 bits per heavy atom. The lowest BCUT2D eigenvalue weighted by Crippen LogP contribution is -2.40. The fourth-order valence-corrected chi connectivity index (χ4v) is 2.22. The highest BCUT2D eigenvalue weighted by atomic mass is 35.5. The van der Waals surface area contributed by atoms with Gasteiger partial charge in [0, 0.05) is 17.0 Å². The summed E-state index contributed by atoms with van der Waals surface area (Å²) in [6, 6.07) is 2.80. The van der Waals surface area contributed by atoms with Crippen molar-refractivity contribution in [3.8, 4) is 5.75 Å². The van der Waals surface area contributed by atoms with Crippen molar-refractivity contribution >= 4 is 29.2 Å². The maximum absolute atomic E-state index is 11.1. The van der Waals surface area contributed by atoms with Gasteiger partial charge in [0.1, 0.15) is 5.75 Å². The summed E-state index contributed by atoms with van der Waals surface area (Å²) in [6.07, 6.45) is -0.0357. The van der Waals surface area contributed by atoms with Gasteiger partial charge in [-0.15, -0.1) is 0 Å². The lowest BCUT2D eigenvalue weighted by molar-refractivity contribution is -0.162. The molecule has 0 spiro atoms. The van der Waals surface area contributed by atoms with Crippen LogP contribution in [0.4, 0.5) is 0 Å². The fourth-order valence-electron chi connectivity index (χ4n) is 1.67. The summed E-state index contributed by atoms with van der Waals surface area (Å²) in [4.78, 5) is 11.1. The maximum Gasteiger partial charge on any atom is 0.340 e. The fraction of sp³-hybridized carbons (Fsp3) is 0.300. The highest BCUT2D eigenvalue weighted by Crippen LogP contribution is 2.43. The molecule has 0 radical (unpaired) electrons. The third-order valence-electron chi connectivity index (χ3n) is 2.52. The van der Waals surface area contributed by atoms with Crippen LogP contribution in [-0.4, -0.2) is 22.8 Å². The Labute approximate surface area is 101 Å². The first-order chi connectivity index (χ1) is 7.45. The Balaban J connectivity index is 2.67. The lowest BCUT2D eigenvalue weighted by Gasteiger charge is -2.31. The van der Waals surface area contributed by atoms with Crippen LogP contribution in [0.1, 0.15) is 12.0 Å². The molecule has 6 heteroatoms. The predicted molar refractivity (Wildman–Crippen MR) is 58.1 cm³/mol. The SMILES string of the molecule is O=C(O)C1(O)CCOc2c(Cl)cc(Cl)cc21. The first-order valence-electron chi connectivity index (χ1n) is 4.53. The summed E-state index contributed by atoms with van der Waals surface area (Å²) in [7, 11) is 0. The number of ether oxygens (including phenoxy) is 1. The lowest BCUT2D eigenvalue weighted by atomic mass is 9.88. The van der Waals surface area contributed by atoms with E-state index in [4.69, 9.17) is 33.0 Å². The second kappa shape index (κ2) is 3.80. The molecule has 0 aromatic heterocycles. The zero-order valence-electron chi connectivity index (χ0n) is 8.04. The van der Waals surface area contributed by atoms with Gasteiger partial charge in [-0.25, -0.2) is 4.79 Å². The zero-order valence-corrected chi connectivity index (χ0v) is 9.55. The molecule has 1 aromatic carbocycles. The zero-order chi connectivity index (χ0) is 11.9. The molecule has 1 aliphatic heterocycles. The van der Waals surface area contributed by atoms with Crippen LogP contribution in [0.15, 0.2) is 12.1 Å². The largest absolute Gasteiger partial charge is 0.491 e. The number of aliphatic carboxylic acids is 1. The third-order valence-corrected chi connectivity index (χ3v) is 3.02. The summed E-state index contributed by atoms with van der Waals surface area (Å²) < 4.78 is 5.24. The molecule has 2 rings (SSSR count). The number of carbonyl (C=O) groups is 1. The van der Waals surface area contributed by atoms with E-state index in [0.717, 1.165) is 0 Å². The molecule has 1 aliphatic rings. The molecular weight excluding hydrogens is 255 g/mol. The number of aliphatic hydroxyl groups is 1. The predicted octanol–water partition coefficient (Wildman–Crippen LogP) is 2.05. The minimum absolute atomic E-state index is 0.0357. The van der Waals surface area contributed by atoms with Crippen molar-refractivity contribution in [2.24, 2.45) is 0 Å². The number of rotatable bonds is 1. The number of fused-ring (bicyclic) bond motifs is 1. The van der Waals surface area contributed by atoms with Gasteiger partial charge in [0.2, 0.25) is 0 Å². The minimum Gasteiger partial charge on any atom is -0.491 e. The molecule has 1 aromatic rings. The van der Waals surface area contributed by atoms with Crippen LogP contribution in [0.5, 0.6) is 5.75 Å². The number of hydrogen-bond acceptors (Lipinski definition) is 3. The molecule has 2 N–H and O–H groups in total. The van der Waals surface area contributed by atoms with Gasteiger partial charge in [0.15, 0.2) is 5.60 Å². The van der Waals surface area contributed by atoms with Crippen molar-refractivity contribution in [2.75, 3.05) is 6.61 Å². The Morgan fingerprint density at radius 1 is 1.44 bits per heavy atom. The van der Waals surface area contributed by atoms with Crippen LogP contribution in [0.2, 0.25) is 10.0 Å². The van der Waals surface area contributed by atoms with Crippen molar-refractivity contribution in [3.63, 3.8) is 0 Å². The smallest absolute Gasteiger partial charge is 0.340 e. The average molecular weight is 263 g/mol. The van der Waals surface area contributed by atoms with E-state index in [1.165, 1.54) is 12.1 Å². The molecule has 0 saturated heterocycles. The van der Waals surface area contributed by atoms with E-state index in [-0.39, 0.29) is 34.4 Å². The number of benzene rings is 1. The van der Waals surface area contributed by atoms with Gasteiger partial charge in [-0.3, -0.25) is 0 Å². The van der Waals surface area contributed by atoms with Gasteiger partial charge in [0.05, 0.1) is 11.6 Å². The number of hydrogen-bond donors (Lipinski definition) is 2. The van der Waals surface area contributed by atoms with Crippen molar-refractivity contribution < 1.29 is 19.7 Å². The molecule has 0 saturated carbocycles. The molecular formula is C10H8Cl2O4. The van der Waals surface area contributed by atoms with Crippen LogP contribution in [-0.2, 0) is 10.4 Å².